The number of carbonyl (C=O) groups excluding carboxylic acids is 1. The maximum Gasteiger partial charge on any atom is 0.251 e. The van der Waals surface area contributed by atoms with E-state index in [1.54, 1.807) is 12.5 Å². The third-order valence-corrected chi connectivity index (χ3v) is 2.97. The first-order chi connectivity index (χ1) is 8.25. The van der Waals surface area contributed by atoms with Crippen LogP contribution in [0.4, 0.5) is 0 Å². The predicted molar refractivity (Wildman–Crippen MR) is 73.7 cm³/mol. The number of rotatable bonds is 4. The van der Waals surface area contributed by atoms with E-state index in [0.717, 1.165) is 10.1 Å². The Balaban J connectivity index is 1.85. The summed E-state index contributed by atoms with van der Waals surface area (Å²) < 4.78 is 2.99. The van der Waals surface area contributed by atoms with Crippen LogP contribution >= 0.6 is 22.6 Å². The molecular formula is C12H12IN3O. The number of benzene rings is 1. The van der Waals surface area contributed by atoms with Gasteiger partial charge in [-0.3, -0.25) is 4.79 Å². The second-order valence-electron chi connectivity index (χ2n) is 3.57. The van der Waals surface area contributed by atoms with Crippen molar-refractivity contribution in [3.8, 4) is 0 Å². The third-order valence-electron chi connectivity index (χ3n) is 2.30. The molecule has 2 rings (SSSR count). The van der Waals surface area contributed by atoms with E-state index < -0.39 is 0 Å². The molecule has 17 heavy (non-hydrogen) atoms. The molecule has 1 aromatic carbocycles. The van der Waals surface area contributed by atoms with Crippen molar-refractivity contribution in [2.45, 2.75) is 6.54 Å². The molecule has 0 saturated heterocycles. The molecule has 0 aliphatic rings. The van der Waals surface area contributed by atoms with Gasteiger partial charge < -0.3 is 9.88 Å². The van der Waals surface area contributed by atoms with E-state index in [-0.39, 0.29) is 5.91 Å². The highest BCUT2D eigenvalue weighted by Gasteiger charge is 2.04. The van der Waals surface area contributed by atoms with Crippen molar-refractivity contribution in [2.24, 2.45) is 0 Å². The van der Waals surface area contributed by atoms with Crippen molar-refractivity contribution in [1.82, 2.24) is 14.9 Å². The van der Waals surface area contributed by atoms with Gasteiger partial charge in [0, 0.05) is 34.6 Å². The number of carbonyl (C=O) groups is 1. The van der Waals surface area contributed by atoms with Crippen molar-refractivity contribution in [3.63, 3.8) is 0 Å². The van der Waals surface area contributed by atoms with Gasteiger partial charge in [-0.15, -0.1) is 0 Å². The second kappa shape index (κ2) is 5.81. The minimum Gasteiger partial charge on any atom is -0.350 e. The lowest BCUT2D eigenvalue weighted by molar-refractivity contribution is 0.0952. The quantitative estimate of drug-likeness (QED) is 0.864. The minimum absolute atomic E-state index is 0.0383. The van der Waals surface area contributed by atoms with Gasteiger partial charge >= 0.3 is 0 Å². The molecule has 2 aromatic rings. The van der Waals surface area contributed by atoms with Gasteiger partial charge in [-0.25, -0.2) is 4.98 Å². The van der Waals surface area contributed by atoms with Crippen LogP contribution in [0.15, 0.2) is 43.0 Å². The Kier molecular flexibility index (Phi) is 4.13. The summed E-state index contributed by atoms with van der Waals surface area (Å²) in [5.74, 6) is -0.0383. The fraction of sp³-hybridized carbons (Fsp3) is 0.167. The number of aromatic nitrogens is 2. The number of nitrogens with one attached hydrogen (secondary N) is 1. The van der Waals surface area contributed by atoms with E-state index in [1.165, 1.54) is 0 Å². The SMILES string of the molecule is O=C(NCCn1ccnc1)c1cccc(I)c1. The Bertz CT molecular complexity index is 496. The van der Waals surface area contributed by atoms with E-state index in [0.29, 0.717) is 12.1 Å². The molecule has 1 amide bonds. The Morgan fingerprint density at radius 1 is 1.47 bits per heavy atom. The van der Waals surface area contributed by atoms with Crippen LogP contribution in [0.1, 0.15) is 10.4 Å². The fourth-order valence-electron chi connectivity index (χ4n) is 1.45. The largest absolute Gasteiger partial charge is 0.350 e. The van der Waals surface area contributed by atoms with Crippen LogP contribution in [-0.2, 0) is 6.54 Å². The summed E-state index contributed by atoms with van der Waals surface area (Å²) >= 11 is 2.19. The lowest BCUT2D eigenvalue weighted by Gasteiger charge is -2.06. The van der Waals surface area contributed by atoms with Crippen LogP contribution < -0.4 is 5.32 Å². The first-order valence-electron chi connectivity index (χ1n) is 5.25. The van der Waals surface area contributed by atoms with Gasteiger partial charge in [0.2, 0.25) is 0 Å². The van der Waals surface area contributed by atoms with Crippen LogP contribution in [0.25, 0.3) is 0 Å². The number of hydrogen-bond acceptors (Lipinski definition) is 2. The first kappa shape index (κ1) is 12.1. The molecule has 4 nitrogen and oxygen atoms in total. The smallest absolute Gasteiger partial charge is 0.251 e. The van der Waals surface area contributed by atoms with Gasteiger partial charge in [0.25, 0.3) is 5.91 Å². The maximum atomic E-state index is 11.8. The van der Waals surface area contributed by atoms with E-state index in [1.807, 2.05) is 35.0 Å². The summed E-state index contributed by atoms with van der Waals surface area (Å²) in [7, 11) is 0. The Morgan fingerprint density at radius 3 is 3.06 bits per heavy atom. The van der Waals surface area contributed by atoms with Gasteiger partial charge in [0.05, 0.1) is 6.33 Å². The molecule has 5 heteroatoms. The standard InChI is InChI=1S/C12H12IN3O/c13-11-3-1-2-10(8-11)12(17)15-5-7-16-6-4-14-9-16/h1-4,6,8-9H,5,7H2,(H,15,17). The molecule has 1 N–H and O–H groups in total. The van der Waals surface area contributed by atoms with Gasteiger partial charge in [0.1, 0.15) is 0 Å². The van der Waals surface area contributed by atoms with Crippen molar-refractivity contribution in [2.75, 3.05) is 6.54 Å². The van der Waals surface area contributed by atoms with E-state index in [4.69, 9.17) is 0 Å². The zero-order valence-corrected chi connectivity index (χ0v) is 11.3. The maximum absolute atomic E-state index is 11.8. The van der Waals surface area contributed by atoms with Crippen LogP contribution in [0.3, 0.4) is 0 Å². The van der Waals surface area contributed by atoms with E-state index in [9.17, 15) is 4.79 Å². The summed E-state index contributed by atoms with van der Waals surface area (Å²) in [6, 6.07) is 7.53. The van der Waals surface area contributed by atoms with Gasteiger partial charge in [-0.05, 0) is 40.8 Å². The minimum atomic E-state index is -0.0383. The molecular weight excluding hydrogens is 329 g/mol. The van der Waals surface area contributed by atoms with Gasteiger partial charge in [-0.2, -0.15) is 0 Å². The number of hydrogen-bond donors (Lipinski definition) is 1. The van der Waals surface area contributed by atoms with E-state index >= 15 is 0 Å². The highest BCUT2D eigenvalue weighted by molar-refractivity contribution is 14.1. The summed E-state index contributed by atoms with van der Waals surface area (Å²) in [5.41, 5.74) is 0.697. The number of nitrogens with zero attached hydrogens (tertiary/aromatic N) is 2. The summed E-state index contributed by atoms with van der Waals surface area (Å²) in [6.45, 7) is 1.33. The molecule has 0 atom stereocenters. The fourth-order valence-corrected chi connectivity index (χ4v) is 1.99. The average molecular weight is 341 g/mol. The summed E-state index contributed by atoms with van der Waals surface area (Å²) in [6.07, 6.45) is 5.33. The molecule has 1 heterocycles. The molecule has 0 aliphatic heterocycles. The number of halogens is 1. The molecule has 88 valence electrons. The van der Waals surface area contributed by atoms with Crippen LogP contribution in [-0.4, -0.2) is 22.0 Å². The van der Waals surface area contributed by atoms with Crippen molar-refractivity contribution in [1.29, 1.82) is 0 Å². The predicted octanol–water partition coefficient (Wildman–Crippen LogP) is 1.92. The van der Waals surface area contributed by atoms with Crippen LogP contribution in [0, 0.1) is 3.57 Å². The Labute approximate surface area is 113 Å². The zero-order valence-electron chi connectivity index (χ0n) is 9.14. The summed E-state index contributed by atoms with van der Waals surface area (Å²) in [4.78, 5) is 15.7. The van der Waals surface area contributed by atoms with E-state index in [2.05, 4.69) is 32.9 Å². The molecule has 1 aromatic heterocycles. The molecule has 0 unspecified atom stereocenters. The summed E-state index contributed by atoms with van der Waals surface area (Å²) in [5, 5.41) is 2.87. The zero-order chi connectivity index (χ0) is 12.1. The molecule has 0 bridgehead atoms. The number of amides is 1. The average Bonchev–Trinajstić information content (AvgIpc) is 2.82. The van der Waals surface area contributed by atoms with Gasteiger partial charge in [0.15, 0.2) is 0 Å². The lowest BCUT2D eigenvalue weighted by atomic mass is 10.2. The first-order valence-corrected chi connectivity index (χ1v) is 6.33. The Hall–Kier alpha value is -1.37. The molecule has 0 spiro atoms. The van der Waals surface area contributed by atoms with Crippen LogP contribution in [0.5, 0.6) is 0 Å². The lowest BCUT2D eigenvalue weighted by Crippen LogP contribution is -2.26. The molecule has 0 fully saturated rings. The Morgan fingerprint density at radius 2 is 2.35 bits per heavy atom. The van der Waals surface area contributed by atoms with Crippen LogP contribution in [0.2, 0.25) is 0 Å². The van der Waals surface area contributed by atoms with Crippen molar-refractivity contribution in [3.05, 3.63) is 52.1 Å². The molecule has 0 radical (unpaired) electrons. The molecule has 0 saturated carbocycles. The van der Waals surface area contributed by atoms with Crippen molar-refractivity contribution < 1.29 is 4.79 Å². The third kappa shape index (κ3) is 3.55. The highest BCUT2D eigenvalue weighted by atomic mass is 127. The monoisotopic (exact) mass is 341 g/mol. The molecule has 0 aliphatic carbocycles. The normalized spacial score (nSPS) is 10.2. The second-order valence-corrected chi connectivity index (χ2v) is 4.81. The van der Waals surface area contributed by atoms with Crippen molar-refractivity contribution >= 4 is 28.5 Å². The highest BCUT2D eigenvalue weighted by Crippen LogP contribution is 2.07. The van der Waals surface area contributed by atoms with Gasteiger partial charge in [-0.1, -0.05) is 6.07 Å². The number of imidazole rings is 1. The topological polar surface area (TPSA) is 46.9 Å².